The predicted octanol–water partition coefficient (Wildman–Crippen LogP) is -0.594. The smallest absolute Gasteiger partial charge is 0.358 e. The van der Waals surface area contributed by atoms with Crippen molar-refractivity contribution in [2.24, 2.45) is 7.05 Å². The summed E-state index contributed by atoms with van der Waals surface area (Å²) < 4.78 is 25.9. The predicted molar refractivity (Wildman–Crippen MR) is 71.6 cm³/mol. The first-order valence-electron chi connectivity index (χ1n) is 6.11. The maximum absolute atomic E-state index is 11.4. The van der Waals surface area contributed by atoms with Crippen molar-refractivity contribution in [3.63, 3.8) is 0 Å². The van der Waals surface area contributed by atoms with Gasteiger partial charge in [0.25, 0.3) is 0 Å². The third-order valence-corrected chi connectivity index (χ3v) is 4.69. The molecular formula is C10H17N5O4S. The van der Waals surface area contributed by atoms with Crippen molar-refractivity contribution in [2.45, 2.75) is 6.54 Å². The number of piperazine rings is 1. The van der Waals surface area contributed by atoms with Crippen molar-refractivity contribution in [3.8, 4) is 0 Å². The molecule has 0 amide bonds. The number of imidazole rings is 1. The van der Waals surface area contributed by atoms with Crippen LogP contribution in [-0.4, -0.2) is 64.5 Å². The topological polar surface area (TPSA) is 102 Å². The van der Waals surface area contributed by atoms with Crippen molar-refractivity contribution < 1.29 is 13.3 Å². The van der Waals surface area contributed by atoms with Crippen molar-refractivity contribution >= 4 is 15.8 Å². The van der Waals surface area contributed by atoms with Gasteiger partial charge in [-0.25, -0.2) is 8.42 Å². The molecular weight excluding hydrogens is 286 g/mol. The minimum Gasteiger partial charge on any atom is -0.358 e. The molecule has 0 radical (unpaired) electrons. The molecule has 0 atom stereocenters. The van der Waals surface area contributed by atoms with Gasteiger partial charge in [0.1, 0.15) is 5.69 Å². The van der Waals surface area contributed by atoms with E-state index in [-0.39, 0.29) is 5.82 Å². The van der Waals surface area contributed by atoms with Gasteiger partial charge >= 0.3 is 5.82 Å². The quantitative estimate of drug-likeness (QED) is 0.544. The molecule has 9 nitrogen and oxygen atoms in total. The fourth-order valence-corrected chi connectivity index (χ4v) is 3.04. The van der Waals surface area contributed by atoms with Crippen molar-refractivity contribution in [1.29, 1.82) is 0 Å². The number of hydrogen-bond acceptors (Lipinski definition) is 6. The Kier molecular flexibility index (Phi) is 4.06. The molecule has 2 heterocycles. The van der Waals surface area contributed by atoms with Crippen LogP contribution in [0.5, 0.6) is 0 Å². The van der Waals surface area contributed by atoms with Crippen molar-refractivity contribution in [2.75, 3.05) is 32.4 Å². The molecule has 1 aliphatic rings. The van der Waals surface area contributed by atoms with Gasteiger partial charge in [-0.1, -0.05) is 0 Å². The van der Waals surface area contributed by atoms with Gasteiger partial charge in [-0.3, -0.25) is 4.90 Å². The second-order valence-electron chi connectivity index (χ2n) is 4.82. The summed E-state index contributed by atoms with van der Waals surface area (Å²) in [5.41, 5.74) is 0.530. The van der Waals surface area contributed by atoms with E-state index in [1.54, 1.807) is 11.6 Å². The van der Waals surface area contributed by atoms with Crippen molar-refractivity contribution in [1.82, 2.24) is 18.8 Å². The fraction of sp³-hybridized carbons (Fsp3) is 0.700. The van der Waals surface area contributed by atoms with E-state index < -0.39 is 14.9 Å². The highest BCUT2D eigenvalue weighted by atomic mass is 32.2. The molecule has 2 rings (SSSR count). The average Bonchev–Trinajstić information content (AvgIpc) is 2.71. The van der Waals surface area contributed by atoms with Crippen LogP contribution in [0.2, 0.25) is 0 Å². The molecule has 1 saturated heterocycles. The lowest BCUT2D eigenvalue weighted by Crippen LogP contribution is -2.48. The summed E-state index contributed by atoms with van der Waals surface area (Å²) in [6.07, 6.45) is 2.61. The molecule has 1 aromatic heterocycles. The van der Waals surface area contributed by atoms with Crippen LogP contribution in [0.3, 0.4) is 0 Å². The standard InChI is InChI=1S/C10H17N5O4S/c1-12-8-11-10(15(16)17)9(12)7-13-3-5-14(6-4-13)20(2,18)19/h8H,3-7H2,1-2H3. The first kappa shape index (κ1) is 14.9. The Hall–Kier alpha value is -1.52. The van der Waals surface area contributed by atoms with Crippen LogP contribution >= 0.6 is 0 Å². The van der Waals surface area contributed by atoms with Crippen LogP contribution in [0.25, 0.3) is 0 Å². The van der Waals surface area contributed by atoms with Gasteiger partial charge in [0.15, 0.2) is 0 Å². The SMILES string of the molecule is Cn1cnc([N+](=O)[O-])c1CN1CCN(S(C)(=O)=O)CC1. The first-order chi connectivity index (χ1) is 9.29. The number of nitro groups is 1. The van der Waals surface area contributed by atoms with E-state index in [0.29, 0.717) is 38.4 Å². The van der Waals surface area contributed by atoms with Gasteiger partial charge in [0, 0.05) is 39.8 Å². The molecule has 112 valence electrons. The second kappa shape index (κ2) is 5.46. The fourth-order valence-electron chi connectivity index (χ4n) is 2.21. The van der Waals surface area contributed by atoms with Gasteiger partial charge in [0.2, 0.25) is 16.4 Å². The van der Waals surface area contributed by atoms with Crippen LogP contribution in [0.1, 0.15) is 5.69 Å². The van der Waals surface area contributed by atoms with E-state index in [1.165, 1.54) is 16.9 Å². The number of aryl methyl sites for hydroxylation is 1. The maximum Gasteiger partial charge on any atom is 0.386 e. The Bertz CT molecular complexity index is 603. The van der Waals surface area contributed by atoms with E-state index >= 15 is 0 Å². The highest BCUT2D eigenvalue weighted by Gasteiger charge is 2.27. The van der Waals surface area contributed by atoms with Crippen LogP contribution in [0.4, 0.5) is 5.82 Å². The Morgan fingerprint density at radius 2 is 1.95 bits per heavy atom. The molecule has 0 aliphatic carbocycles. The lowest BCUT2D eigenvalue weighted by Gasteiger charge is -2.32. The van der Waals surface area contributed by atoms with Gasteiger partial charge < -0.3 is 14.7 Å². The molecule has 0 bridgehead atoms. The highest BCUT2D eigenvalue weighted by molar-refractivity contribution is 7.88. The third kappa shape index (κ3) is 3.14. The maximum atomic E-state index is 11.4. The lowest BCUT2D eigenvalue weighted by molar-refractivity contribution is -0.390. The Morgan fingerprint density at radius 3 is 2.45 bits per heavy atom. The van der Waals surface area contributed by atoms with Gasteiger partial charge in [-0.2, -0.15) is 4.31 Å². The Balaban J connectivity index is 2.03. The largest absolute Gasteiger partial charge is 0.386 e. The van der Waals surface area contributed by atoms with Crippen LogP contribution in [0.15, 0.2) is 6.33 Å². The second-order valence-corrected chi connectivity index (χ2v) is 6.80. The normalized spacial score (nSPS) is 18.3. The zero-order chi connectivity index (χ0) is 14.9. The summed E-state index contributed by atoms with van der Waals surface area (Å²) >= 11 is 0. The summed E-state index contributed by atoms with van der Waals surface area (Å²) in [5.74, 6) is -0.141. The van der Waals surface area contributed by atoms with E-state index in [1.807, 2.05) is 4.90 Å². The average molecular weight is 303 g/mol. The molecule has 0 aromatic carbocycles. The molecule has 0 saturated carbocycles. The number of nitrogens with zero attached hydrogens (tertiary/aromatic N) is 5. The summed E-state index contributed by atoms with van der Waals surface area (Å²) in [6.45, 7) is 2.31. The van der Waals surface area contributed by atoms with Crippen LogP contribution in [0, 0.1) is 10.1 Å². The summed E-state index contributed by atoms with van der Waals surface area (Å²) in [4.78, 5) is 16.1. The summed E-state index contributed by atoms with van der Waals surface area (Å²) in [5, 5.41) is 10.9. The molecule has 10 heteroatoms. The van der Waals surface area contributed by atoms with Gasteiger partial charge in [-0.15, -0.1) is 0 Å². The highest BCUT2D eigenvalue weighted by Crippen LogP contribution is 2.18. The zero-order valence-electron chi connectivity index (χ0n) is 11.4. The molecule has 0 N–H and O–H groups in total. The van der Waals surface area contributed by atoms with Crippen molar-refractivity contribution in [3.05, 3.63) is 22.1 Å². The summed E-state index contributed by atoms with van der Waals surface area (Å²) in [6, 6.07) is 0. The van der Waals surface area contributed by atoms with E-state index in [2.05, 4.69) is 4.98 Å². The zero-order valence-corrected chi connectivity index (χ0v) is 12.2. The lowest BCUT2D eigenvalue weighted by atomic mass is 10.3. The molecule has 20 heavy (non-hydrogen) atoms. The molecule has 0 unspecified atom stereocenters. The molecule has 0 spiro atoms. The van der Waals surface area contributed by atoms with E-state index in [0.717, 1.165) is 0 Å². The Labute approximate surface area is 117 Å². The first-order valence-corrected chi connectivity index (χ1v) is 7.96. The monoisotopic (exact) mass is 303 g/mol. The minimum absolute atomic E-state index is 0.141. The summed E-state index contributed by atoms with van der Waals surface area (Å²) in [7, 11) is -1.45. The van der Waals surface area contributed by atoms with E-state index in [9.17, 15) is 18.5 Å². The van der Waals surface area contributed by atoms with Gasteiger partial charge in [0.05, 0.1) is 6.26 Å². The molecule has 1 aromatic rings. The molecule has 1 fully saturated rings. The Morgan fingerprint density at radius 1 is 1.35 bits per heavy atom. The number of sulfonamides is 1. The number of hydrogen-bond donors (Lipinski definition) is 0. The van der Waals surface area contributed by atoms with Crippen LogP contribution in [-0.2, 0) is 23.6 Å². The molecule has 1 aliphatic heterocycles. The third-order valence-electron chi connectivity index (χ3n) is 3.38. The number of aromatic nitrogens is 2. The minimum atomic E-state index is -3.16. The van der Waals surface area contributed by atoms with E-state index in [4.69, 9.17) is 0 Å². The van der Waals surface area contributed by atoms with Gasteiger partial charge in [-0.05, 0) is 9.91 Å². The van der Waals surface area contributed by atoms with Crippen LogP contribution < -0.4 is 0 Å². The number of rotatable bonds is 4.